The molecule has 0 spiro atoms. The molecule has 2 nitrogen and oxygen atoms in total. The molecule has 0 amide bonds. The van der Waals surface area contributed by atoms with Gasteiger partial charge >= 0.3 is 0 Å². The Morgan fingerprint density at radius 3 is 2.67 bits per heavy atom. The maximum Gasteiger partial charge on any atom is 0.0718 e. The van der Waals surface area contributed by atoms with Crippen LogP contribution in [0.25, 0.3) is 0 Å². The standard InChI is InChI=1S/C15H24ClNO/c1-15(2,3)7-8-17-9-10-18-12-13-5-4-6-14(16)11-13/h4-6,11,17H,7-10,12H2,1-3H3. The van der Waals surface area contributed by atoms with E-state index < -0.39 is 0 Å². The minimum absolute atomic E-state index is 0.397. The summed E-state index contributed by atoms with van der Waals surface area (Å²) in [4.78, 5) is 0. The lowest BCUT2D eigenvalue weighted by Gasteiger charge is -2.18. The summed E-state index contributed by atoms with van der Waals surface area (Å²) >= 11 is 5.90. The monoisotopic (exact) mass is 269 g/mol. The SMILES string of the molecule is CC(C)(C)CCNCCOCc1cccc(Cl)c1. The molecule has 0 heterocycles. The molecule has 1 rings (SSSR count). The molecule has 1 aromatic rings. The molecule has 0 saturated carbocycles. The second kappa shape index (κ2) is 7.78. The van der Waals surface area contributed by atoms with Crippen LogP contribution in [0.2, 0.25) is 5.02 Å². The van der Waals surface area contributed by atoms with Crippen LogP contribution in [-0.2, 0) is 11.3 Å². The summed E-state index contributed by atoms with van der Waals surface area (Å²) in [6.45, 7) is 10.1. The summed E-state index contributed by atoms with van der Waals surface area (Å²) < 4.78 is 5.59. The minimum Gasteiger partial charge on any atom is -0.375 e. The van der Waals surface area contributed by atoms with Crippen molar-refractivity contribution >= 4 is 11.6 Å². The van der Waals surface area contributed by atoms with Crippen molar-refractivity contribution in [2.75, 3.05) is 19.7 Å². The van der Waals surface area contributed by atoms with Gasteiger partial charge in [-0.3, -0.25) is 0 Å². The van der Waals surface area contributed by atoms with Gasteiger partial charge in [-0.2, -0.15) is 0 Å². The molecule has 0 atom stereocenters. The second-order valence-corrected chi connectivity index (χ2v) is 6.18. The molecule has 0 aliphatic rings. The maximum atomic E-state index is 5.90. The summed E-state index contributed by atoms with van der Waals surface area (Å²) in [6.07, 6.45) is 1.18. The summed E-state index contributed by atoms with van der Waals surface area (Å²) in [5.74, 6) is 0. The van der Waals surface area contributed by atoms with E-state index in [-0.39, 0.29) is 0 Å². The highest BCUT2D eigenvalue weighted by molar-refractivity contribution is 6.30. The number of ether oxygens (including phenoxy) is 1. The predicted octanol–water partition coefficient (Wildman–Crippen LogP) is 3.88. The van der Waals surface area contributed by atoms with Gasteiger partial charge in [0.15, 0.2) is 0 Å². The lowest BCUT2D eigenvalue weighted by atomic mass is 9.92. The molecule has 0 bridgehead atoms. The molecule has 0 aromatic heterocycles. The number of halogens is 1. The van der Waals surface area contributed by atoms with E-state index in [1.807, 2.05) is 24.3 Å². The Labute approximate surface area is 116 Å². The molecule has 0 fully saturated rings. The van der Waals surface area contributed by atoms with Crippen LogP contribution < -0.4 is 5.32 Å². The lowest BCUT2D eigenvalue weighted by Crippen LogP contribution is -2.24. The van der Waals surface area contributed by atoms with Gasteiger partial charge < -0.3 is 10.1 Å². The Hall–Kier alpha value is -0.570. The number of rotatable bonds is 7. The van der Waals surface area contributed by atoms with Gasteiger partial charge in [0.2, 0.25) is 0 Å². The molecule has 0 aliphatic heterocycles. The topological polar surface area (TPSA) is 21.3 Å². The largest absolute Gasteiger partial charge is 0.375 e. The molecule has 3 heteroatoms. The van der Waals surface area contributed by atoms with E-state index in [1.165, 1.54) is 6.42 Å². The third kappa shape index (κ3) is 7.70. The smallest absolute Gasteiger partial charge is 0.0718 e. The third-order valence-corrected chi connectivity index (χ3v) is 2.87. The van der Waals surface area contributed by atoms with Gasteiger partial charge in [-0.15, -0.1) is 0 Å². The van der Waals surface area contributed by atoms with Crippen molar-refractivity contribution in [1.82, 2.24) is 5.32 Å². The zero-order valence-corrected chi connectivity index (χ0v) is 12.4. The Morgan fingerprint density at radius 1 is 1.22 bits per heavy atom. The van der Waals surface area contributed by atoms with Crippen LogP contribution in [0.5, 0.6) is 0 Å². The fourth-order valence-corrected chi connectivity index (χ4v) is 1.76. The normalized spacial score (nSPS) is 11.8. The summed E-state index contributed by atoms with van der Waals surface area (Å²) in [6, 6.07) is 7.79. The highest BCUT2D eigenvalue weighted by Crippen LogP contribution is 2.16. The number of benzene rings is 1. The molecule has 18 heavy (non-hydrogen) atoms. The number of hydrogen-bond acceptors (Lipinski definition) is 2. The molecule has 0 radical (unpaired) electrons. The van der Waals surface area contributed by atoms with E-state index in [0.717, 1.165) is 30.3 Å². The summed E-state index contributed by atoms with van der Waals surface area (Å²) in [7, 11) is 0. The summed E-state index contributed by atoms with van der Waals surface area (Å²) in [5, 5.41) is 4.15. The van der Waals surface area contributed by atoms with Crippen molar-refractivity contribution in [2.45, 2.75) is 33.8 Å². The molecule has 102 valence electrons. The first-order valence-electron chi connectivity index (χ1n) is 6.50. The Balaban J connectivity index is 2.02. The van der Waals surface area contributed by atoms with Gasteiger partial charge in [-0.25, -0.2) is 0 Å². The van der Waals surface area contributed by atoms with Crippen LogP contribution in [-0.4, -0.2) is 19.7 Å². The van der Waals surface area contributed by atoms with Crippen LogP contribution in [0.4, 0.5) is 0 Å². The van der Waals surface area contributed by atoms with Crippen LogP contribution in [0, 0.1) is 5.41 Å². The van der Waals surface area contributed by atoms with Crippen molar-refractivity contribution in [1.29, 1.82) is 0 Å². The molecule has 0 saturated heterocycles. The van der Waals surface area contributed by atoms with Gasteiger partial charge in [0.1, 0.15) is 0 Å². The zero-order valence-electron chi connectivity index (χ0n) is 11.6. The fraction of sp³-hybridized carbons (Fsp3) is 0.600. The first-order valence-corrected chi connectivity index (χ1v) is 6.88. The van der Waals surface area contributed by atoms with E-state index in [0.29, 0.717) is 12.0 Å². The first-order chi connectivity index (χ1) is 8.47. The van der Waals surface area contributed by atoms with E-state index in [2.05, 4.69) is 26.1 Å². The minimum atomic E-state index is 0.397. The second-order valence-electron chi connectivity index (χ2n) is 5.74. The van der Waals surface area contributed by atoms with Gasteiger partial charge in [0.05, 0.1) is 13.2 Å². The van der Waals surface area contributed by atoms with Gasteiger partial charge in [-0.1, -0.05) is 44.5 Å². The summed E-state index contributed by atoms with van der Waals surface area (Å²) in [5.41, 5.74) is 1.52. The molecule has 1 N–H and O–H groups in total. The Bertz CT molecular complexity index is 347. The quantitative estimate of drug-likeness (QED) is 0.759. The zero-order chi connectivity index (χ0) is 13.4. The third-order valence-electron chi connectivity index (χ3n) is 2.63. The Morgan fingerprint density at radius 2 is 2.00 bits per heavy atom. The first kappa shape index (κ1) is 15.5. The van der Waals surface area contributed by atoms with E-state index in [4.69, 9.17) is 16.3 Å². The lowest BCUT2D eigenvalue weighted by molar-refractivity contribution is 0.122. The van der Waals surface area contributed by atoms with E-state index in [9.17, 15) is 0 Å². The average molecular weight is 270 g/mol. The van der Waals surface area contributed by atoms with E-state index in [1.54, 1.807) is 0 Å². The average Bonchev–Trinajstić information content (AvgIpc) is 2.26. The van der Waals surface area contributed by atoms with Crippen molar-refractivity contribution in [3.8, 4) is 0 Å². The maximum absolute atomic E-state index is 5.90. The van der Waals surface area contributed by atoms with Gasteiger partial charge in [0, 0.05) is 11.6 Å². The Kier molecular flexibility index (Phi) is 6.69. The van der Waals surface area contributed by atoms with Crippen LogP contribution in [0.15, 0.2) is 24.3 Å². The van der Waals surface area contributed by atoms with Crippen LogP contribution in [0.3, 0.4) is 0 Å². The number of hydrogen-bond donors (Lipinski definition) is 1. The highest BCUT2D eigenvalue weighted by atomic mass is 35.5. The molecule has 1 aromatic carbocycles. The molecule has 0 aliphatic carbocycles. The van der Waals surface area contributed by atoms with Crippen LogP contribution in [0.1, 0.15) is 32.8 Å². The van der Waals surface area contributed by atoms with Crippen molar-refractivity contribution in [2.24, 2.45) is 5.41 Å². The highest BCUT2D eigenvalue weighted by Gasteiger charge is 2.08. The van der Waals surface area contributed by atoms with Gasteiger partial charge in [-0.05, 0) is 36.1 Å². The molecular formula is C15H24ClNO. The van der Waals surface area contributed by atoms with Gasteiger partial charge in [0.25, 0.3) is 0 Å². The van der Waals surface area contributed by atoms with Crippen LogP contribution >= 0.6 is 11.6 Å². The van der Waals surface area contributed by atoms with Crippen molar-refractivity contribution in [3.63, 3.8) is 0 Å². The molecule has 0 unspecified atom stereocenters. The number of nitrogens with one attached hydrogen (secondary N) is 1. The van der Waals surface area contributed by atoms with Crippen molar-refractivity contribution in [3.05, 3.63) is 34.9 Å². The van der Waals surface area contributed by atoms with E-state index >= 15 is 0 Å². The van der Waals surface area contributed by atoms with Crippen molar-refractivity contribution < 1.29 is 4.74 Å². The molecular weight excluding hydrogens is 246 g/mol. The predicted molar refractivity (Wildman–Crippen MR) is 78.0 cm³/mol. The fourth-order valence-electron chi connectivity index (χ4n) is 1.55.